The Kier molecular flexibility index (Phi) is 3.61. The summed E-state index contributed by atoms with van der Waals surface area (Å²) in [6, 6.07) is 0. The highest BCUT2D eigenvalue weighted by atomic mass is 32.2. The Morgan fingerprint density at radius 1 is 1.41 bits per heavy atom. The van der Waals surface area contributed by atoms with E-state index in [2.05, 4.69) is 5.32 Å². The summed E-state index contributed by atoms with van der Waals surface area (Å²) < 4.78 is 28.2. The molecule has 0 amide bonds. The van der Waals surface area contributed by atoms with Gasteiger partial charge >= 0.3 is 0 Å². The predicted molar refractivity (Wildman–Crippen MR) is 69.8 cm³/mol. The maximum atomic E-state index is 11.5. The van der Waals surface area contributed by atoms with Crippen molar-refractivity contribution in [2.45, 2.75) is 18.9 Å². The van der Waals surface area contributed by atoms with Gasteiger partial charge < -0.3 is 15.0 Å². The molecule has 2 aliphatic heterocycles. The summed E-state index contributed by atoms with van der Waals surface area (Å²) >= 11 is 5.32. The van der Waals surface area contributed by atoms with Crippen LogP contribution in [0.4, 0.5) is 0 Å². The van der Waals surface area contributed by atoms with Crippen LogP contribution < -0.4 is 5.32 Å². The fourth-order valence-electron chi connectivity index (χ4n) is 2.21. The normalized spacial score (nSPS) is 32.4. The molecule has 17 heavy (non-hydrogen) atoms. The second-order valence-corrected chi connectivity index (χ2v) is 7.50. The maximum absolute atomic E-state index is 11.5. The number of hydrogen-bond acceptors (Lipinski definition) is 4. The van der Waals surface area contributed by atoms with Gasteiger partial charge in [-0.2, -0.15) is 0 Å². The highest BCUT2D eigenvalue weighted by molar-refractivity contribution is 7.91. The molecule has 2 heterocycles. The van der Waals surface area contributed by atoms with Crippen molar-refractivity contribution in [3.63, 3.8) is 0 Å². The van der Waals surface area contributed by atoms with Crippen LogP contribution in [0, 0.1) is 0 Å². The van der Waals surface area contributed by atoms with Crippen LogP contribution in [-0.2, 0) is 14.6 Å². The average molecular weight is 278 g/mol. The number of nitrogens with zero attached hydrogens (tertiary/aromatic N) is 1. The Labute approximate surface area is 107 Å². The molecular formula is C10H18N2O3S2. The second kappa shape index (κ2) is 4.70. The Balaban J connectivity index is 1.94. The lowest BCUT2D eigenvalue weighted by Gasteiger charge is -2.34. The van der Waals surface area contributed by atoms with Crippen LogP contribution >= 0.6 is 12.2 Å². The van der Waals surface area contributed by atoms with E-state index >= 15 is 0 Å². The van der Waals surface area contributed by atoms with Crippen molar-refractivity contribution in [2.24, 2.45) is 0 Å². The van der Waals surface area contributed by atoms with Crippen molar-refractivity contribution in [3.8, 4) is 0 Å². The summed E-state index contributed by atoms with van der Waals surface area (Å²) in [5.41, 5.74) is -0.409. The van der Waals surface area contributed by atoms with Gasteiger partial charge in [-0.1, -0.05) is 0 Å². The SMILES string of the molecule is CC1(NC(=S)N2CCOCC2)CCS(=O)(=O)C1. The molecule has 98 valence electrons. The lowest BCUT2D eigenvalue weighted by Crippen LogP contribution is -2.54. The van der Waals surface area contributed by atoms with Crippen LogP contribution in [0.25, 0.3) is 0 Å². The fraction of sp³-hybridized carbons (Fsp3) is 0.900. The molecule has 0 aromatic carbocycles. The first-order chi connectivity index (χ1) is 7.90. The third-order valence-corrected chi connectivity index (χ3v) is 5.47. The number of ether oxygens (including phenoxy) is 1. The van der Waals surface area contributed by atoms with Gasteiger partial charge in [-0.3, -0.25) is 0 Å². The molecule has 5 nitrogen and oxygen atoms in total. The first-order valence-electron chi connectivity index (χ1n) is 5.76. The Bertz CT molecular complexity index is 404. The van der Waals surface area contributed by atoms with Crippen molar-refractivity contribution in [1.29, 1.82) is 0 Å². The van der Waals surface area contributed by atoms with Crippen molar-refractivity contribution >= 4 is 27.2 Å². The average Bonchev–Trinajstić information content (AvgIpc) is 2.54. The number of thiocarbonyl (C=S) groups is 1. The minimum Gasteiger partial charge on any atom is -0.378 e. The van der Waals surface area contributed by atoms with E-state index in [9.17, 15) is 8.42 Å². The van der Waals surface area contributed by atoms with Crippen molar-refractivity contribution in [3.05, 3.63) is 0 Å². The first-order valence-corrected chi connectivity index (χ1v) is 7.98. The number of rotatable bonds is 1. The number of hydrogen-bond donors (Lipinski definition) is 1. The number of nitrogens with one attached hydrogen (secondary N) is 1. The van der Waals surface area contributed by atoms with Crippen LogP contribution in [0.3, 0.4) is 0 Å². The molecule has 0 saturated carbocycles. The van der Waals surface area contributed by atoms with Gasteiger partial charge in [0.15, 0.2) is 14.9 Å². The van der Waals surface area contributed by atoms with Gasteiger partial charge in [-0.25, -0.2) is 8.42 Å². The van der Waals surface area contributed by atoms with Crippen LogP contribution in [0.1, 0.15) is 13.3 Å². The molecule has 0 spiro atoms. The van der Waals surface area contributed by atoms with Gasteiger partial charge in [0.05, 0.1) is 30.3 Å². The maximum Gasteiger partial charge on any atom is 0.169 e. The monoisotopic (exact) mass is 278 g/mol. The molecule has 2 aliphatic rings. The Morgan fingerprint density at radius 3 is 2.59 bits per heavy atom. The molecule has 0 aromatic heterocycles. The molecule has 1 unspecified atom stereocenters. The van der Waals surface area contributed by atoms with Crippen LogP contribution in [0.2, 0.25) is 0 Å². The zero-order valence-electron chi connectivity index (χ0n) is 9.94. The third kappa shape index (κ3) is 3.29. The van der Waals surface area contributed by atoms with Gasteiger partial charge in [-0.05, 0) is 25.6 Å². The Morgan fingerprint density at radius 2 is 2.06 bits per heavy atom. The molecule has 0 aromatic rings. The molecule has 0 bridgehead atoms. The lowest BCUT2D eigenvalue weighted by molar-refractivity contribution is 0.0670. The first kappa shape index (κ1) is 13.0. The topological polar surface area (TPSA) is 58.6 Å². The quantitative estimate of drug-likeness (QED) is 0.669. The standard InChI is InChI=1S/C10H18N2O3S2/c1-10(2-7-17(13,14)8-10)11-9(16)12-3-5-15-6-4-12/h2-8H2,1H3,(H,11,16). The van der Waals surface area contributed by atoms with E-state index in [1.807, 2.05) is 11.8 Å². The summed E-state index contributed by atoms with van der Waals surface area (Å²) in [5.74, 6) is 0.423. The van der Waals surface area contributed by atoms with Gasteiger partial charge in [-0.15, -0.1) is 0 Å². The van der Waals surface area contributed by atoms with E-state index in [0.29, 0.717) is 24.7 Å². The van der Waals surface area contributed by atoms with Crippen molar-refractivity contribution in [1.82, 2.24) is 10.2 Å². The minimum absolute atomic E-state index is 0.171. The van der Waals surface area contributed by atoms with E-state index in [1.165, 1.54) is 0 Å². The third-order valence-electron chi connectivity index (χ3n) is 3.21. The van der Waals surface area contributed by atoms with Gasteiger partial charge in [0.25, 0.3) is 0 Å². The second-order valence-electron chi connectivity index (χ2n) is 4.93. The molecule has 2 rings (SSSR count). The van der Waals surface area contributed by atoms with Crippen LogP contribution in [0.15, 0.2) is 0 Å². The predicted octanol–water partition coefficient (Wildman–Crippen LogP) is -0.230. The van der Waals surface area contributed by atoms with Crippen molar-refractivity contribution in [2.75, 3.05) is 37.8 Å². The zero-order valence-corrected chi connectivity index (χ0v) is 11.6. The van der Waals surface area contributed by atoms with E-state index < -0.39 is 15.4 Å². The molecule has 1 atom stereocenters. The molecule has 0 aliphatic carbocycles. The van der Waals surface area contributed by atoms with Gasteiger partial charge in [0.1, 0.15) is 0 Å². The summed E-state index contributed by atoms with van der Waals surface area (Å²) in [5, 5.41) is 3.85. The number of morpholine rings is 1. The molecule has 1 N–H and O–H groups in total. The molecule has 7 heteroatoms. The summed E-state index contributed by atoms with van der Waals surface area (Å²) in [6.07, 6.45) is 0.625. The summed E-state index contributed by atoms with van der Waals surface area (Å²) in [6.45, 7) is 4.82. The summed E-state index contributed by atoms with van der Waals surface area (Å²) in [4.78, 5) is 2.04. The highest BCUT2D eigenvalue weighted by Crippen LogP contribution is 2.23. The van der Waals surface area contributed by atoms with E-state index in [4.69, 9.17) is 17.0 Å². The van der Waals surface area contributed by atoms with Crippen LogP contribution in [-0.4, -0.2) is 61.8 Å². The number of sulfone groups is 1. The van der Waals surface area contributed by atoms with Gasteiger partial charge in [0.2, 0.25) is 0 Å². The summed E-state index contributed by atoms with van der Waals surface area (Å²) in [7, 11) is -2.90. The highest BCUT2D eigenvalue weighted by Gasteiger charge is 2.39. The largest absolute Gasteiger partial charge is 0.378 e. The van der Waals surface area contributed by atoms with Crippen LogP contribution in [0.5, 0.6) is 0 Å². The zero-order chi connectivity index (χ0) is 12.5. The van der Waals surface area contributed by atoms with E-state index in [1.54, 1.807) is 0 Å². The molecule has 2 fully saturated rings. The smallest absolute Gasteiger partial charge is 0.169 e. The van der Waals surface area contributed by atoms with Crippen molar-refractivity contribution < 1.29 is 13.2 Å². The van der Waals surface area contributed by atoms with Gasteiger partial charge in [0, 0.05) is 13.1 Å². The van der Waals surface area contributed by atoms with E-state index in [-0.39, 0.29) is 11.5 Å². The molecule has 2 saturated heterocycles. The Hall–Kier alpha value is -0.400. The fourth-order valence-corrected chi connectivity index (χ4v) is 4.73. The lowest BCUT2D eigenvalue weighted by atomic mass is 10.0. The molecular weight excluding hydrogens is 260 g/mol. The minimum atomic E-state index is -2.90. The molecule has 0 radical (unpaired) electrons. The van der Waals surface area contributed by atoms with E-state index in [0.717, 1.165) is 13.1 Å².